The summed E-state index contributed by atoms with van der Waals surface area (Å²) in [5.74, 6) is -0.856. The number of halogens is 4. The number of benzene rings is 1. The van der Waals surface area contributed by atoms with Crippen LogP contribution in [0.1, 0.15) is 24.8 Å². The Morgan fingerprint density at radius 1 is 1.32 bits per heavy atom. The third-order valence-electron chi connectivity index (χ3n) is 3.60. The lowest BCUT2D eigenvalue weighted by molar-refractivity contribution is -0.137. The van der Waals surface area contributed by atoms with Crippen molar-refractivity contribution in [2.45, 2.75) is 30.2 Å². The number of thioether (sulfide) groups is 1. The summed E-state index contributed by atoms with van der Waals surface area (Å²) in [5.41, 5.74) is -0.827. The molecule has 0 unspecified atom stereocenters. The summed E-state index contributed by atoms with van der Waals surface area (Å²) in [6.07, 6.45) is 0.767. The van der Waals surface area contributed by atoms with E-state index in [1.54, 1.807) is 11.8 Å². The van der Waals surface area contributed by atoms with Crippen molar-refractivity contribution in [3.63, 3.8) is 0 Å². The molecule has 1 fully saturated rings. The maximum atomic E-state index is 13.6. The quantitative estimate of drug-likeness (QED) is 0.818. The van der Waals surface area contributed by atoms with Gasteiger partial charge < -0.3 is 5.32 Å². The lowest BCUT2D eigenvalue weighted by atomic mass is 9.84. The van der Waals surface area contributed by atoms with Gasteiger partial charge in [-0.2, -0.15) is 24.9 Å². The lowest BCUT2D eigenvalue weighted by Crippen LogP contribution is -2.40. The van der Waals surface area contributed by atoms with Gasteiger partial charge in [0.1, 0.15) is 5.82 Å². The van der Waals surface area contributed by atoms with Crippen molar-refractivity contribution in [2.24, 2.45) is 0 Å². The minimum absolute atomic E-state index is 0.106. The fourth-order valence-electron chi connectivity index (χ4n) is 2.12. The topological polar surface area (TPSA) is 12.0 Å². The summed E-state index contributed by atoms with van der Waals surface area (Å²) in [6.45, 7) is 0.580. The van der Waals surface area contributed by atoms with Gasteiger partial charge in [0.15, 0.2) is 0 Å². The maximum Gasteiger partial charge on any atom is 0.416 e. The molecule has 1 N–H and O–H groups in total. The van der Waals surface area contributed by atoms with E-state index >= 15 is 0 Å². The predicted octanol–water partition coefficient (Wildman–Crippen LogP) is 4.54. The Balaban J connectivity index is 2.05. The first-order chi connectivity index (χ1) is 8.86. The Morgan fingerprint density at radius 2 is 2.00 bits per heavy atom. The van der Waals surface area contributed by atoms with Gasteiger partial charge in [-0.25, -0.2) is 4.39 Å². The van der Waals surface area contributed by atoms with E-state index in [1.165, 1.54) is 0 Å². The highest BCUT2D eigenvalue weighted by molar-refractivity contribution is 8.00. The first kappa shape index (κ1) is 14.5. The molecule has 0 aliphatic heterocycles. The molecule has 0 amide bonds. The minimum Gasteiger partial charge on any atom is -0.381 e. The normalized spacial score (nSPS) is 17.9. The van der Waals surface area contributed by atoms with Crippen LogP contribution < -0.4 is 5.32 Å². The maximum absolute atomic E-state index is 13.6. The van der Waals surface area contributed by atoms with Crippen molar-refractivity contribution < 1.29 is 17.6 Å². The van der Waals surface area contributed by atoms with Crippen LogP contribution in [0.3, 0.4) is 0 Å². The molecule has 1 aromatic rings. The van der Waals surface area contributed by atoms with Crippen molar-refractivity contribution in [2.75, 3.05) is 18.1 Å². The molecule has 0 heterocycles. The molecule has 0 saturated heterocycles. The molecular weight excluding hydrogens is 278 g/mol. The number of nitrogens with one attached hydrogen (secondary N) is 1. The second-order valence-electron chi connectivity index (χ2n) is 4.79. The van der Waals surface area contributed by atoms with E-state index in [4.69, 9.17) is 0 Å². The Kier molecular flexibility index (Phi) is 3.99. The lowest BCUT2D eigenvalue weighted by Gasteiger charge is -2.40. The Bertz CT molecular complexity index is 449. The number of anilines is 1. The van der Waals surface area contributed by atoms with Crippen LogP contribution >= 0.6 is 11.8 Å². The van der Waals surface area contributed by atoms with Crippen LogP contribution in [-0.4, -0.2) is 17.5 Å². The molecule has 0 atom stereocenters. The van der Waals surface area contributed by atoms with Gasteiger partial charge in [-0.05, 0) is 37.3 Å². The van der Waals surface area contributed by atoms with E-state index in [0.29, 0.717) is 12.6 Å². The van der Waals surface area contributed by atoms with E-state index in [-0.39, 0.29) is 10.4 Å². The average molecular weight is 293 g/mol. The Morgan fingerprint density at radius 3 is 2.42 bits per heavy atom. The van der Waals surface area contributed by atoms with E-state index in [9.17, 15) is 17.6 Å². The van der Waals surface area contributed by atoms with Crippen molar-refractivity contribution in [3.05, 3.63) is 29.6 Å². The highest BCUT2D eigenvalue weighted by Gasteiger charge is 2.36. The fourth-order valence-corrected chi connectivity index (χ4v) is 3.03. The van der Waals surface area contributed by atoms with Crippen LogP contribution in [0, 0.1) is 5.82 Å². The molecule has 0 spiro atoms. The first-order valence-electron chi connectivity index (χ1n) is 6.02. The molecule has 1 aliphatic carbocycles. The highest BCUT2D eigenvalue weighted by Crippen LogP contribution is 2.43. The van der Waals surface area contributed by atoms with E-state index in [1.807, 2.05) is 6.26 Å². The predicted molar refractivity (Wildman–Crippen MR) is 70.0 cm³/mol. The van der Waals surface area contributed by atoms with E-state index in [2.05, 4.69) is 5.32 Å². The molecule has 1 aliphatic rings. The minimum atomic E-state index is -4.51. The molecule has 0 aromatic heterocycles. The van der Waals surface area contributed by atoms with Crippen LogP contribution in [0.25, 0.3) is 0 Å². The van der Waals surface area contributed by atoms with Crippen molar-refractivity contribution >= 4 is 17.4 Å². The highest BCUT2D eigenvalue weighted by atomic mass is 32.2. The van der Waals surface area contributed by atoms with Crippen molar-refractivity contribution in [3.8, 4) is 0 Å². The fraction of sp³-hybridized carbons (Fsp3) is 0.538. The standard InChI is InChI=1S/C13H15F4NS/c1-19-12(5-2-6-12)8-18-11-4-3-9(7-10(11)14)13(15,16)17/h3-4,7,18H,2,5-6,8H2,1H3. The summed E-state index contributed by atoms with van der Waals surface area (Å²) in [4.78, 5) is 0. The summed E-state index contributed by atoms with van der Waals surface area (Å²) < 4.78 is 50.9. The largest absolute Gasteiger partial charge is 0.416 e. The van der Waals surface area contributed by atoms with Gasteiger partial charge in [0.25, 0.3) is 0 Å². The number of rotatable bonds is 4. The SMILES string of the molecule is CSC1(CNc2ccc(C(F)(F)F)cc2F)CCC1. The summed E-state index contributed by atoms with van der Waals surface area (Å²) >= 11 is 1.73. The molecule has 1 saturated carbocycles. The number of hydrogen-bond acceptors (Lipinski definition) is 2. The van der Waals surface area contributed by atoms with Gasteiger partial charge in [0.2, 0.25) is 0 Å². The van der Waals surface area contributed by atoms with Crippen molar-refractivity contribution in [1.29, 1.82) is 0 Å². The van der Waals surface area contributed by atoms with Crippen molar-refractivity contribution in [1.82, 2.24) is 0 Å². The zero-order valence-corrected chi connectivity index (χ0v) is 11.3. The van der Waals surface area contributed by atoms with E-state index in [0.717, 1.165) is 31.4 Å². The molecule has 6 heteroatoms. The molecule has 2 rings (SSSR count). The Hall–Kier alpha value is -0.910. The zero-order chi connectivity index (χ0) is 14.1. The van der Waals surface area contributed by atoms with Gasteiger partial charge in [-0.15, -0.1) is 0 Å². The van der Waals surface area contributed by atoms with Gasteiger partial charge in [-0.3, -0.25) is 0 Å². The second-order valence-corrected chi connectivity index (χ2v) is 6.06. The van der Waals surface area contributed by atoms with Gasteiger partial charge >= 0.3 is 6.18 Å². The molecule has 1 nitrogen and oxygen atoms in total. The average Bonchev–Trinajstić information content (AvgIpc) is 2.28. The zero-order valence-electron chi connectivity index (χ0n) is 10.5. The second kappa shape index (κ2) is 5.23. The van der Waals surface area contributed by atoms with E-state index < -0.39 is 17.6 Å². The monoisotopic (exact) mass is 293 g/mol. The van der Waals surface area contributed by atoms with Crippen LogP contribution in [-0.2, 0) is 6.18 Å². The molecular formula is C13H15F4NS. The van der Waals surface area contributed by atoms with Gasteiger partial charge in [0, 0.05) is 11.3 Å². The Labute approximate surface area is 113 Å². The molecule has 0 radical (unpaired) electrons. The third kappa shape index (κ3) is 3.16. The molecule has 0 bridgehead atoms. The third-order valence-corrected chi connectivity index (χ3v) is 5.01. The number of alkyl halides is 3. The molecule has 106 valence electrons. The summed E-state index contributed by atoms with van der Waals surface area (Å²) in [5, 5.41) is 2.92. The van der Waals surface area contributed by atoms with Crippen LogP contribution in [0.5, 0.6) is 0 Å². The molecule has 1 aromatic carbocycles. The smallest absolute Gasteiger partial charge is 0.381 e. The van der Waals surface area contributed by atoms with Crippen LogP contribution in [0.15, 0.2) is 18.2 Å². The van der Waals surface area contributed by atoms with Gasteiger partial charge in [-0.1, -0.05) is 6.42 Å². The number of hydrogen-bond donors (Lipinski definition) is 1. The van der Waals surface area contributed by atoms with Gasteiger partial charge in [0.05, 0.1) is 11.3 Å². The van der Waals surface area contributed by atoms with Crippen LogP contribution in [0.2, 0.25) is 0 Å². The molecule has 19 heavy (non-hydrogen) atoms. The summed E-state index contributed by atoms with van der Waals surface area (Å²) in [7, 11) is 0. The first-order valence-corrected chi connectivity index (χ1v) is 7.25. The van der Waals surface area contributed by atoms with Crippen LogP contribution in [0.4, 0.5) is 23.2 Å². The summed E-state index contributed by atoms with van der Waals surface area (Å²) in [6, 6.07) is 2.59.